The Balaban J connectivity index is 2.25. The van der Waals surface area contributed by atoms with Crippen molar-refractivity contribution < 1.29 is 13.6 Å². The highest BCUT2D eigenvalue weighted by molar-refractivity contribution is 6.06. The number of anilines is 2. The van der Waals surface area contributed by atoms with Crippen molar-refractivity contribution in [2.24, 2.45) is 0 Å². The number of nitrogens with one attached hydrogen (secondary N) is 2. The fourth-order valence-electron chi connectivity index (χ4n) is 1.26. The van der Waals surface area contributed by atoms with Crippen molar-refractivity contribution in [2.75, 3.05) is 11.1 Å². The maximum atomic E-state index is 13.3. The molecule has 2 rings (SSSR count). The van der Waals surface area contributed by atoms with Crippen LogP contribution in [0, 0.1) is 11.6 Å². The zero-order chi connectivity index (χ0) is 12.4. The molecule has 7 heteroatoms. The summed E-state index contributed by atoms with van der Waals surface area (Å²) in [6.45, 7) is 0. The molecule has 0 aliphatic carbocycles. The van der Waals surface area contributed by atoms with Crippen LogP contribution in [0.15, 0.2) is 24.4 Å². The zero-order valence-electron chi connectivity index (χ0n) is 8.50. The molecule has 1 aromatic carbocycles. The van der Waals surface area contributed by atoms with Gasteiger partial charge in [-0.25, -0.2) is 8.78 Å². The molecule has 0 saturated heterocycles. The molecule has 0 unspecified atom stereocenters. The summed E-state index contributed by atoms with van der Waals surface area (Å²) >= 11 is 0. The lowest BCUT2D eigenvalue weighted by Gasteiger charge is -2.05. The minimum absolute atomic E-state index is 0.00587. The number of carbonyl (C=O) groups is 1. The molecule has 0 fully saturated rings. The number of aromatic amines is 1. The summed E-state index contributed by atoms with van der Waals surface area (Å²) in [5.74, 6) is -2.86. The van der Waals surface area contributed by atoms with Crippen LogP contribution in [0.3, 0.4) is 0 Å². The van der Waals surface area contributed by atoms with Crippen molar-refractivity contribution in [3.8, 4) is 0 Å². The SMILES string of the molecule is Nc1cn[nH]c1C(=O)Nc1cccc(F)c1F. The smallest absolute Gasteiger partial charge is 0.275 e. The van der Waals surface area contributed by atoms with E-state index >= 15 is 0 Å². The van der Waals surface area contributed by atoms with Gasteiger partial charge in [0.15, 0.2) is 11.6 Å². The number of hydrogen-bond donors (Lipinski definition) is 3. The summed E-state index contributed by atoms with van der Waals surface area (Å²) in [6.07, 6.45) is 1.25. The molecule has 1 heterocycles. The molecule has 1 amide bonds. The van der Waals surface area contributed by atoms with Crippen LogP contribution in [0.25, 0.3) is 0 Å². The van der Waals surface area contributed by atoms with E-state index in [0.717, 1.165) is 6.07 Å². The molecular formula is C10H8F2N4O. The number of halogens is 2. The average molecular weight is 238 g/mol. The van der Waals surface area contributed by atoms with Gasteiger partial charge in [0.1, 0.15) is 5.69 Å². The van der Waals surface area contributed by atoms with Crippen molar-refractivity contribution in [1.82, 2.24) is 10.2 Å². The molecule has 0 bridgehead atoms. The molecule has 1 aromatic heterocycles. The number of nitrogens with two attached hydrogens (primary N) is 1. The molecule has 5 nitrogen and oxygen atoms in total. The van der Waals surface area contributed by atoms with E-state index in [-0.39, 0.29) is 17.1 Å². The molecule has 0 aliphatic rings. The van der Waals surface area contributed by atoms with Gasteiger partial charge in [0.2, 0.25) is 0 Å². The summed E-state index contributed by atoms with van der Waals surface area (Å²) in [4.78, 5) is 11.6. The molecule has 17 heavy (non-hydrogen) atoms. The molecule has 88 valence electrons. The van der Waals surface area contributed by atoms with E-state index < -0.39 is 17.5 Å². The summed E-state index contributed by atoms with van der Waals surface area (Å²) < 4.78 is 26.1. The fraction of sp³-hybridized carbons (Fsp3) is 0. The van der Waals surface area contributed by atoms with E-state index in [1.54, 1.807) is 0 Å². The number of H-pyrrole nitrogens is 1. The molecule has 0 radical (unpaired) electrons. The van der Waals surface area contributed by atoms with Crippen molar-refractivity contribution in [1.29, 1.82) is 0 Å². The predicted octanol–water partition coefficient (Wildman–Crippen LogP) is 1.52. The highest BCUT2D eigenvalue weighted by Gasteiger charge is 2.15. The molecule has 0 spiro atoms. The van der Waals surface area contributed by atoms with E-state index in [4.69, 9.17) is 5.73 Å². The highest BCUT2D eigenvalue weighted by atomic mass is 19.2. The standard InChI is InChI=1S/C10H8F2N4O/c11-5-2-1-3-7(8(5)12)15-10(17)9-6(13)4-14-16-9/h1-4H,13H2,(H,14,16)(H,15,17). The van der Waals surface area contributed by atoms with Crippen LogP contribution in [0.2, 0.25) is 0 Å². The first kappa shape index (κ1) is 11.1. The Morgan fingerprint density at radius 1 is 1.41 bits per heavy atom. The van der Waals surface area contributed by atoms with Crippen molar-refractivity contribution in [3.63, 3.8) is 0 Å². The third-order valence-electron chi connectivity index (χ3n) is 2.10. The summed E-state index contributed by atoms with van der Waals surface area (Å²) in [7, 11) is 0. The van der Waals surface area contributed by atoms with Gasteiger partial charge in [0.05, 0.1) is 17.6 Å². The second kappa shape index (κ2) is 4.20. The first-order chi connectivity index (χ1) is 8.09. The molecule has 2 aromatic rings. The minimum atomic E-state index is -1.13. The normalized spacial score (nSPS) is 10.2. The lowest BCUT2D eigenvalue weighted by Crippen LogP contribution is -2.15. The van der Waals surface area contributed by atoms with Gasteiger partial charge in [-0.15, -0.1) is 0 Å². The van der Waals surface area contributed by atoms with Crippen molar-refractivity contribution in [3.05, 3.63) is 41.7 Å². The van der Waals surface area contributed by atoms with Gasteiger partial charge in [-0.2, -0.15) is 5.10 Å². The molecule has 0 saturated carbocycles. The number of nitrogen functional groups attached to an aromatic ring is 1. The quantitative estimate of drug-likeness (QED) is 0.741. The van der Waals surface area contributed by atoms with Crippen LogP contribution in [0.1, 0.15) is 10.5 Å². The van der Waals surface area contributed by atoms with Crippen molar-refractivity contribution >= 4 is 17.3 Å². The first-order valence-corrected chi connectivity index (χ1v) is 4.64. The lowest BCUT2D eigenvalue weighted by atomic mass is 10.2. The van der Waals surface area contributed by atoms with E-state index in [1.807, 2.05) is 0 Å². The lowest BCUT2D eigenvalue weighted by molar-refractivity contribution is 0.102. The van der Waals surface area contributed by atoms with Gasteiger partial charge >= 0.3 is 0 Å². The van der Waals surface area contributed by atoms with Gasteiger partial charge in [-0.3, -0.25) is 9.89 Å². The van der Waals surface area contributed by atoms with Crippen LogP contribution in [-0.4, -0.2) is 16.1 Å². The third-order valence-corrected chi connectivity index (χ3v) is 2.10. The molecule has 4 N–H and O–H groups in total. The molecular weight excluding hydrogens is 230 g/mol. The number of amides is 1. The zero-order valence-corrected chi connectivity index (χ0v) is 8.50. The largest absolute Gasteiger partial charge is 0.396 e. The predicted molar refractivity (Wildman–Crippen MR) is 57.3 cm³/mol. The Kier molecular flexibility index (Phi) is 2.73. The van der Waals surface area contributed by atoms with Crippen LogP contribution < -0.4 is 11.1 Å². The molecule has 0 atom stereocenters. The Hall–Kier alpha value is -2.44. The second-order valence-corrected chi connectivity index (χ2v) is 3.26. The van der Waals surface area contributed by atoms with Crippen molar-refractivity contribution in [2.45, 2.75) is 0 Å². The number of hydrogen-bond acceptors (Lipinski definition) is 3. The number of benzene rings is 1. The van der Waals surface area contributed by atoms with Crippen LogP contribution >= 0.6 is 0 Å². The number of nitrogens with zero attached hydrogens (tertiary/aromatic N) is 1. The van der Waals surface area contributed by atoms with E-state index in [0.29, 0.717) is 0 Å². The van der Waals surface area contributed by atoms with Gasteiger partial charge in [0.25, 0.3) is 5.91 Å². The van der Waals surface area contributed by atoms with Gasteiger partial charge < -0.3 is 11.1 Å². The number of rotatable bonds is 2. The second-order valence-electron chi connectivity index (χ2n) is 3.26. The third kappa shape index (κ3) is 2.07. The van der Waals surface area contributed by atoms with E-state index in [9.17, 15) is 13.6 Å². The monoisotopic (exact) mass is 238 g/mol. The van der Waals surface area contributed by atoms with E-state index in [2.05, 4.69) is 15.5 Å². The van der Waals surface area contributed by atoms with Gasteiger partial charge in [-0.05, 0) is 12.1 Å². The first-order valence-electron chi connectivity index (χ1n) is 4.64. The highest BCUT2D eigenvalue weighted by Crippen LogP contribution is 2.18. The Bertz CT molecular complexity index is 567. The van der Waals surface area contributed by atoms with Crippen LogP contribution in [0.4, 0.5) is 20.2 Å². The summed E-state index contributed by atoms with van der Waals surface area (Å²) in [5, 5.41) is 8.09. The number of aromatic nitrogens is 2. The van der Waals surface area contributed by atoms with Gasteiger partial charge in [0, 0.05) is 0 Å². The fourth-order valence-corrected chi connectivity index (χ4v) is 1.26. The Morgan fingerprint density at radius 2 is 2.18 bits per heavy atom. The van der Waals surface area contributed by atoms with Crippen LogP contribution in [-0.2, 0) is 0 Å². The average Bonchev–Trinajstić information content (AvgIpc) is 2.71. The topological polar surface area (TPSA) is 83.8 Å². The number of carbonyl (C=O) groups excluding carboxylic acids is 1. The van der Waals surface area contributed by atoms with E-state index in [1.165, 1.54) is 18.3 Å². The van der Waals surface area contributed by atoms with Gasteiger partial charge in [-0.1, -0.05) is 6.07 Å². The Morgan fingerprint density at radius 3 is 2.82 bits per heavy atom. The Labute approximate surface area is 94.6 Å². The van der Waals surface area contributed by atoms with Crippen LogP contribution in [0.5, 0.6) is 0 Å². The summed E-state index contributed by atoms with van der Waals surface area (Å²) in [5.41, 5.74) is 5.30. The maximum Gasteiger partial charge on any atom is 0.275 e. The maximum absolute atomic E-state index is 13.3. The summed E-state index contributed by atoms with van der Waals surface area (Å²) in [6, 6.07) is 3.47. The molecule has 0 aliphatic heterocycles. The minimum Gasteiger partial charge on any atom is -0.396 e.